The summed E-state index contributed by atoms with van der Waals surface area (Å²) in [6.45, 7) is 0. The lowest BCUT2D eigenvalue weighted by Gasteiger charge is -2.00. The van der Waals surface area contributed by atoms with Crippen molar-refractivity contribution < 1.29 is 0 Å². The van der Waals surface area contributed by atoms with Gasteiger partial charge in [-0.2, -0.15) is 15.0 Å². The molecule has 1 aromatic heterocycles. The van der Waals surface area contributed by atoms with Gasteiger partial charge in [0.25, 0.3) is 0 Å². The molecule has 0 aliphatic heterocycles. The van der Waals surface area contributed by atoms with Gasteiger partial charge in [-0.1, -0.05) is 18.2 Å². The second kappa shape index (κ2) is 4.46. The normalized spacial score (nSPS) is 10.2. The Balaban J connectivity index is 2.25. The minimum atomic E-state index is 0.112. The van der Waals surface area contributed by atoms with E-state index in [1.165, 1.54) is 11.8 Å². The fourth-order valence-corrected chi connectivity index (χ4v) is 1.98. The molecule has 0 bridgehead atoms. The highest BCUT2D eigenvalue weighted by Crippen LogP contribution is 2.24. The lowest BCUT2D eigenvalue weighted by Crippen LogP contribution is -1.98. The van der Waals surface area contributed by atoms with Gasteiger partial charge in [0, 0.05) is 4.90 Å². The maximum Gasteiger partial charge on any atom is 0.228 e. The molecule has 0 fully saturated rings. The minimum absolute atomic E-state index is 0.112. The fourth-order valence-electron chi connectivity index (χ4n) is 0.986. The average molecular weight is 239 g/mol. The Morgan fingerprint density at radius 3 is 2.47 bits per heavy atom. The van der Waals surface area contributed by atoms with Crippen molar-refractivity contribution in [3.8, 4) is 0 Å². The molecule has 6 heteroatoms. The first-order valence-electron chi connectivity index (χ1n) is 4.14. The number of rotatable bonds is 2. The number of nitrogen functional groups attached to an aromatic ring is 1. The summed E-state index contributed by atoms with van der Waals surface area (Å²) in [7, 11) is 0. The van der Waals surface area contributed by atoms with Gasteiger partial charge in [0.05, 0.1) is 0 Å². The van der Waals surface area contributed by atoms with Crippen molar-refractivity contribution in [2.24, 2.45) is 0 Å². The maximum atomic E-state index is 5.66. The van der Waals surface area contributed by atoms with Gasteiger partial charge >= 0.3 is 0 Å². The summed E-state index contributed by atoms with van der Waals surface area (Å²) in [6, 6.07) is 9.74. The van der Waals surface area contributed by atoms with E-state index >= 15 is 0 Å². The van der Waals surface area contributed by atoms with Gasteiger partial charge in [-0.25, -0.2) is 0 Å². The maximum absolute atomic E-state index is 5.66. The number of benzene rings is 1. The molecule has 2 aromatic rings. The molecule has 0 unspecified atom stereocenters. The van der Waals surface area contributed by atoms with E-state index in [0.29, 0.717) is 5.16 Å². The summed E-state index contributed by atoms with van der Waals surface area (Å²) < 4.78 is 0. The Morgan fingerprint density at radius 1 is 1.07 bits per heavy atom. The van der Waals surface area contributed by atoms with Crippen LogP contribution in [-0.4, -0.2) is 15.0 Å². The average Bonchev–Trinajstić information content (AvgIpc) is 2.17. The number of nitrogens with two attached hydrogens (primary N) is 1. The van der Waals surface area contributed by atoms with E-state index in [1.54, 1.807) is 0 Å². The van der Waals surface area contributed by atoms with Crippen LogP contribution in [0.4, 0.5) is 5.95 Å². The van der Waals surface area contributed by atoms with Crippen LogP contribution in [0.3, 0.4) is 0 Å². The SMILES string of the molecule is Nc1nc(Cl)nc(Sc2ccccc2)n1. The van der Waals surface area contributed by atoms with Gasteiger partial charge in [-0.05, 0) is 35.5 Å². The molecule has 0 amide bonds. The Morgan fingerprint density at radius 2 is 1.80 bits per heavy atom. The zero-order chi connectivity index (χ0) is 10.7. The number of hydrogen-bond donors (Lipinski definition) is 1. The van der Waals surface area contributed by atoms with Crippen LogP contribution in [0.15, 0.2) is 40.4 Å². The first kappa shape index (κ1) is 10.2. The lowest BCUT2D eigenvalue weighted by molar-refractivity contribution is 0.917. The molecule has 0 aliphatic carbocycles. The van der Waals surface area contributed by atoms with Gasteiger partial charge in [0.15, 0.2) is 5.16 Å². The molecule has 2 N–H and O–H groups in total. The Bertz CT molecular complexity index is 443. The van der Waals surface area contributed by atoms with E-state index in [0.717, 1.165) is 4.90 Å². The lowest BCUT2D eigenvalue weighted by atomic mass is 10.4. The van der Waals surface area contributed by atoms with Gasteiger partial charge < -0.3 is 5.73 Å². The van der Waals surface area contributed by atoms with Crippen LogP contribution in [0, 0.1) is 0 Å². The summed E-state index contributed by atoms with van der Waals surface area (Å²) in [5.74, 6) is 0.133. The third kappa shape index (κ3) is 2.81. The number of hydrogen-bond acceptors (Lipinski definition) is 5. The topological polar surface area (TPSA) is 64.7 Å². The number of aromatic nitrogens is 3. The van der Waals surface area contributed by atoms with E-state index < -0.39 is 0 Å². The fraction of sp³-hybridized carbons (Fsp3) is 0. The molecular formula is C9H7ClN4S. The van der Waals surface area contributed by atoms with Crippen LogP contribution in [0.1, 0.15) is 0 Å². The zero-order valence-electron chi connectivity index (χ0n) is 7.59. The van der Waals surface area contributed by atoms with Crippen molar-refractivity contribution in [3.05, 3.63) is 35.6 Å². The molecule has 1 heterocycles. The predicted molar refractivity (Wildman–Crippen MR) is 59.8 cm³/mol. The Labute approximate surface area is 95.9 Å². The van der Waals surface area contributed by atoms with Crippen LogP contribution in [0.25, 0.3) is 0 Å². The van der Waals surface area contributed by atoms with Crippen molar-refractivity contribution >= 4 is 29.3 Å². The Hall–Kier alpha value is -1.33. The van der Waals surface area contributed by atoms with Crippen molar-refractivity contribution in [3.63, 3.8) is 0 Å². The largest absolute Gasteiger partial charge is 0.368 e. The van der Waals surface area contributed by atoms with E-state index in [1.807, 2.05) is 30.3 Å². The molecular weight excluding hydrogens is 232 g/mol. The summed E-state index contributed by atoms with van der Waals surface area (Å²) in [4.78, 5) is 12.6. The van der Waals surface area contributed by atoms with Crippen LogP contribution < -0.4 is 5.73 Å². The van der Waals surface area contributed by atoms with E-state index in [9.17, 15) is 0 Å². The molecule has 0 aliphatic rings. The van der Waals surface area contributed by atoms with Crippen molar-refractivity contribution in [2.75, 3.05) is 5.73 Å². The summed E-state index contributed by atoms with van der Waals surface area (Å²) >= 11 is 7.05. The third-order valence-corrected chi connectivity index (χ3v) is 2.60. The minimum Gasteiger partial charge on any atom is -0.368 e. The summed E-state index contributed by atoms with van der Waals surface area (Å²) in [6.07, 6.45) is 0. The van der Waals surface area contributed by atoms with Crippen molar-refractivity contribution in [1.82, 2.24) is 15.0 Å². The highest BCUT2D eigenvalue weighted by Gasteiger charge is 2.03. The van der Waals surface area contributed by atoms with Gasteiger partial charge in [0.2, 0.25) is 11.2 Å². The predicted octanol–water partition coefficient (Wildman–Crippen LogP) is 2.26. The second-order valence-corrected chi connectivity index (χ2v) is 4.04. The van der Waals surface area contributed by atoms with E-state index in [2.05, 4.69) is 15.0 Å². The highest BCUT2D eigenvalue weighted by atomic mass is 35.5. The molecule has 4 nitrogen and oxygen atoms in total. The van der Waals surface area contributed by atoms with Gasteiger partial charge in [0.1, 0.15) is 0 Å². The van der Waals surface area contributed by atoms with Crippen LogP contribution >= 0.6 is 23.4 Å². The first-order chi connectivity index (χ1) is 7.24. The summed E-state index contributed by atoms with van der Waals surface area (Å²) in [5, 5.41) is 0.611. The third-order valence-electron chi connectivity index (χ3n) is 1.56. The number of halogens is 1. The smallest absolute Gasteiger partial charge is 0.228 e. The van der Waals surface area contributed by atoms with Crippen molar-refractivity contribution in [1.29, 1.82) is 0 Å². The van der Waals surface area contributed by atoms with Crippen LogP contribution in [0.2, 0.25) is 5.28 Å². The molecule has 2 rings (SSSR count). The second-order valence-electron chi connectivity index (χ2n) is 2.66. The molecule has 0 spiro atoms. The van der Waals surface area contributed by atoms with Crippen LogP contribution in [0.5, 0.6) is 0 Å². The highest BCUT2D eigenvalue weighted by molar-refractivity contribution is 7.99. The Kier molecular flexibility index (Phi) is 3.03. The standard InChI is InChI=1S/C9H7ClN4S/c10-7-12-8(11)14-9(13-7)15-6-4-2-1-3-5-6/h1-5H,(H2,11,12,13,14). The molecule has 0 radical (unpaired) electrons. The quantitative estimate of drug-likeness (QED) is 0.870. The van der Waals surface area contributed by atoms with Gasteiger partial charge in [-0.15, -0.1) is 0 Å². The van der Waals surface area contributed by atoms with Crippen LogP contribution in [-0.2, 0) is 0 Å². The number of anilines is 1. The molecule has 0 atom stereocenters. The molecule has 0 saturated heterocycles. The molecule has 1 aromatic carbocycles. The molecule has 76 valence electrons. The summed E-state index contributed by atoms with van der Waals surface area (Å²) in [5.41, 5.74) is 5.45. The van der Waals surface area contributed by atoms with Crippen molar-refractivity contribution in [2.45, 2.75) is 10.1 Å². The van der Waals surface area contributed by atoms with E-state index in [4.69, 9.17) is 17.3 Å². The first-order valence-corrected chi connectivity index (χ1v) is 5.33. The zero-order valence-corrected chi connectivity index (χ0v) is 9.16. The molecule has 0 saturated carbocycles. The van der Waals surface area contributed by atoms with E-state index in [-0.39, 0.29) is 11.2 Å². The van der Waals surface area contributed by atoms with Gasteiger partial charge in [-0.3, -0.25) is 0 Å². The monoisotopic (exact) mass is 238 g/mol. The molecule has 15 heavy (non-hydrogen) atoms. The number of nitrogens with zero attached hydrogens (tertiary/aromatic N) is 3.